The zero-order valence-electron chi connectivity index (χ0n) is 8.17. The minimum atomic E-state index is 0.833. The van der Waals surface area contributed by atoms with Crippen molar-refractivity contribution in [2.45, 2.75) is 6.92 Å². The SMILES string of the molecule is Cc1ccccc1-c1cnc(Br)c(Br)c1. The first-order chi connectivity index (χ1) is 7.18. The van der Waals surface area contributed by atoms with E-state index in [2.05, 4.69) is 62.0 Å². The van der Waals surface area contributed by atoms with Gasteiger partial charge in [0.15, 0.2) is 0 Å². The van der Waals surface area contributed by atoms with E-state index in [1.807, 2.05) is 18.3 Å². The summed E-state index contributed by atoms with van der Waals surface area (Å²) in [5.41, 5.74) is 3.61. The number of halogens is 2. The molecule has 0 aliphatic carbocycles. The fraction of sp³-hybridized carbons (Fsp3) is 0.0833. The Labute approximate surface area is 106 Å². The molecule has 15 heavy (non-hydrogen) atoms. The molecule has 1 heterocycles. The van der Waals surface area contributed by atoms with E-state index in [9.17, 15) is 0 Å². The van der Waals surface area contributed by atoms with Crippen LogP contribution in [0.3, 0.4) is 0 Å². The second-order valence-electron chi connectivity index (χ2n) is 3.31. The van der Waals surface area contributed by atoms with Gasteiger partial charge in [0.25, 0.3) is 0 Å². The Bertz CT molecular complexity index is 495. The molecule has 0 saturated heterocycles. The number of hydrogen-bond acceptors (Lipinski definition) is 1. The molecule has 0 aliphatic rings. The largest absolute Gasteiger partial charge is 0.248 e. The van der Waals surface area contributed by atoms with E-state index in [1.165, 1.54) is 11.1 Å². The second kappa shape index (κ2) is 4.45. The predicted molar refractivity (Wildman–Crippen MR) is 69.8 cm³/mol. The maximum Gasteiger partial charge on any atom is 0.120 e. The van der Waals surface area contributed by atoms with Crippen molar-refractivity contribution in [3.63, 3.8) is 0 Å². The highest BCUT2D eigenvalue weighted by Crippen LogP contribution is 2.28. The first-order valence-electron chi connectivity index (χ1n) is 4.55. The van der Waals surface area contributed by atoms with Gasteiger partial charge < -0.3 is 0 Å². The average Bonchev–Trinajstić information content (AvgIpc) is 2.23. The summed E-state index contributed by atoms with van der Waals surface area (Å²) in [5.74, 6) is 0. The number of benzene rings is 1. The number of rotatable bonds is 1. The molecule has 1 aromatic heterocycles. The Hall–Kier alpha value is -0.670. The van der Waals surface area contributed by atoms with Crippen LogP contribution in [0.1, 0.15) is 5.56 Å². The third kappa shape index (κ3) is 2.29. The fourth-order valence-electron chi connectivity index (χ4n) is 1.47. The first-order valence-corrected chi connectivity index (χ1v) is 6.14. The van der Waals surface area contributed by atoms with Crippen LogP contribution in [0.2, 0.25) is 0 Å². The number of nitrogens with zero attached hydrogens (tertiary/aromatic N) is 1. The van der Waals surface area contributed by atoms with Gasteiger partial charge in [0.05, 0.1) is 4.47 Å². The van der Waals surface area contributed by atoms with Crippen molar-refractivity contribution < 1.29 is 0 Å². The molecular weight excluding hydrogens is 318 g/mol. The van der Waals surface area contributed by atoms with Gasteiger partial charge in [-0.05, 0) is 56.0 Å². The van der Waals surface area contributed by atoms with Gasteiger partial charge in [0.2, 0.25) is 0 Å². The van der Waals surface area contributed by atoms with Crippen molar-refractivity contribution in [2.75, 3.05) is 0 Å². The van der Waals surface area contributed by atoms with Crippen LogP contribution in [0.15, 0.2) is 45.6 Å². The second-order valence-corrected chi connectivity index (χ2v) is 4.92. The van der Waals surface area contributed by atoms with Crippen LogP contribution in [0, 0.1) is 6.92 Å². The molecule has 0 bridgehead atoms. The zero-order chi connectivity index (χ0) is 10.8. The van der Waals surface area contributed by atoms with Crippen molar-refractivity contribution in [2.24, 2.45) is 0 Å². The Morgan fingerprint density at radius 2 is 1.87 bits per heavy atom. The summed E-state index contributed by atoms with van der Waals surface area (Å²) >= 11 is 6.82. The number of aryl methyl sites for hydroxylation is 1. The Morgan fingerprint density at radius 1 is 1.13 bits per heavy atom. The average molecular weight is 327 g/mol. The van der Waals surface area contributed by atoms with Gasteiger partial charge in [-0.2, -0.15) is 0 Å². The van der Waals surface area contributed by atoms with Crippen LogP contribution < -0.4 is 0 Å². The zero-order valence-corrected chi connectivity index (χ0v) is 11.3. The number of pyridine rings is 1. The third-order valence-electron chi connectivity index (χ3n) is 2.25. The molecule has 0 N–H and O–H groups in total. The molecule has 0 atom stereocenters. The van der Waals surface area contributed by atoms with Gasteiger partial charge in [-0.15, -0.1) is 0 Å². The van der Waals surface area contributed by atoms with Gasteiger partial charge in [-0.3, -0.25) is 0 Å². The monoisotopic (exact) mass is 325 g/mol. The minimum Gasteiger partial charge on any atom is -0.248 e. The standard InChI is InChI=1S/C12H9Br2N/c1-8-4-2-3-5-10(8)9-6-11(13)12(14)15-7-9/h2-7H,1H3. The van der Waals surface area contributed by atoms with Crippen LogP contribution in [-0.4, -0.2) is 4.98 Å². The van der Waals surface area contributed by atoms with E-state index in [0.717, 1.165) is 14.6 Å². The van der Waals surface area contributed by atoms with E-state index in [-0.39, 0.29) is 0 Å². The normalized spacial score (nSPS) is 10.3. The first kappa shape index (κ1) is 10.8. The van der Waals surface area contributed by atoms with Gasteiger partial charge >= 0.3 is 0 Å². The van der Waals surface area contributed by atoms with Crippen LogP contribution in [0.4, 0.5) is 0 Å². The third-order valence-corrected chi connectivity index (χ3v) is 4.02. The van der Waals surface area contributed by atoms with Crippen LogP contribution in [0.25, 0.3) is 11.1 Å². The molecule has 76 valence electrons. The molecule has 0 radical (unpaired) electrons. The lowest BCUT2D eigenvalue weighted by atomic mass is 10.0. The van der Waals surface area contributed by atoms with Crippen molar-refractivity contribution in [1.29, 1.82) is 0 Å². The topological polar surface area (TPSA) is 12.9 Å². The summed E-state index contributed by atoms with van der Waals surface area (Å²) in [6.45, 7) is 2.10. The highest BCUT2D eigenvalue weighted by Gasteiger charge is 2.04. The summed E-state index contributed by atoms with van der Waals surface area (Å²) in [6, 6.07) is 10.4. The Kier molecular flexibility index (Phi) is 3.22. The summed E-state index contributed by atoms with van der Waals surface area (Å²) in [6.07, 6.45) is 1.87. The van der Waals surface area contributed by atoms with Crippen LogP contribution in [0.5, 0.6) is 0 Å². The fourth-order valence-corrected chi connectivity index (χ4v) is 2.03. The number of hydrogen-bond donors (Lipinski definition) is 0. The quantitative estimate of drug-likeness (QED) is 0.699. The van der Waals surface area contributed by atoms with Crippen LogP contribution in [-0.2, 0) is 0 Å². The van der Waals surface area contributed by atoms with Crippen molar-refractivity contribution in [1.82, 2.24) is 4.98 Å². The van der Waals surface area contributed by atoms with Gasteiger partial charge in [0.1, 0.15) is 4.60 Å². The van der Waals surface area contributed by atoms with E-state index in [1.54, 1.807) is 0 Å². The molecule has 0 aliphatic heterocycles. The predicted octanol–water partition coefficient (Wildman–Crippen LogP) is 4.58. The maximum absolute atomic E-state index is 4.27. The van der Waals surface area contributed by atoms with Gasteiger partial charge in [0, 0.05) is 11.8 Å². The summed E-state index contributed by atoms with van der Waals surface area (Å²) in [5, 5.41) is 0. The van der Waals surface area contributed by atoms with E-state index < -0.39 is 0 Å². The lowest BCUT2D eigenvalue weighted by molar-refractivity contribution is 1.25. The molecule has 2 aromatic rings. The lowest BCUT2D eigenvalue weighted by Gasteiger charge is -2.06. The summed E-state index contributed by atoms with van der Waals surface area (Å²) in [4.78, 5) is 4.27. The van der Waals surface area contributed by atoms with Crippen molar-refractivity contribution >= 4 is 31.9 Å². The van der Waals surface area contributed by atoms with Crippen molar-refractivity contribution in [3.8, 4) is 11.1 Å². The maximum atomic E-state index is 4.27. The summed E-state index contributed by atoms with van der Waals surface area (Å²) in [7, 11) is 0. The van der Waals surface area contributed by atoms with E-state index in [0.29, 0.717) is 0 Å². The molecule has 0 fully saturated rings. The molecule has 0 unspecified atom stereocenters. The molecular formula is C12H9Br2N. The highest BCUT2D eigenvalue weighted by molar-refractivity contribution is 9.13. The van der Waals surface area contributed by atoms with E-state index in [4.69, 9.17) is 0 Å². The molecule has 0 amide bonds. The minimum absolute atomic E-state index is 0.833. The molecule has 0 spiro atoms. The lowest BCUT2D eigenvalue weighted by Crippen LogP contribution is -1.85. The number of aromatic nitrogens is 1. The van der Waals surface area contributed by atoms with E-state index >= 15 is 0 Å². The highest BCUT2D eigenvalue weighted by atomic mass is 79.9. The Morgan fingerprint density at radius 3 is 2.53 bits per heavy atom. The van der Waals surface area contributed by atoms with Crippen molar-refractivity contribution in [3.05, 3.63) is 51.2 Å². The summed E-state index contributed by atoms with van der Waals surface area (Å²) < 4.78 is 1.81. The molecule has 1 nitrogen and oxygen atoms in total. The van der Waals surface area contributed by atoms with Crippen LogP contribution >= 0.6 is 31.9 Å². The van der Waals surface area contributed by atoms with Gasteiger partial charge in [-0.25, -0.2) is 4.98 Å². The molecule has 2 rings (SSSR count). The molecule has 0 saturated carbocycles. The molecule has 3 heteroatoms. The smallest absolute Gasteiger partial charge is 0.120 e. The Balaban J connectivity index is 2.55. The van der Waals surface area contributed by atoms with Gasteiger partial charge in [-0.1, -0.05) is 24.3 Å². The molecule has 1 aromatic carbocycles.